The van der Waals surface area contributed by atoms with Crippen molar-refractivity contribution in [2.24, 2.45) is 52.3 Å². The van der Waals surface area contributed by atoms with E-state index in [1.165, 1.54) is 57.8 Å². The highest BCUT2D eigenvalue weighted by atomic mass is 16.5. The van der Waals surface area contributed by atoms with Gasteiger partial charge in [-0.1, -0.05) is 128 Å². The first kappa shape index (κ1) is 51.4. The number of amides is 3. The topological polar surface area (TPSA) is 129 Å². The second-order valence-corrected chi connectivity index (χ2v) is 22.3. The van der Waals surface area contributed by atoms with E-state index in [9.17, 15) is 19.5 Å². The quantitative estimate of drug-likeness (QED) is 0.0527. The molecule has 4 aliphatic rings. The molecule has 0 spiro atoms. The Labute approximate surface area is 398 Å². The van der Waals surface area contributed by atoms with Crippen LogP contribution in [0.15, 0.2) is 78.5 Å². The highest BCUT2D eigenvalue weighted by Gasteiger charge is 2.59. The smallest absolute Gasteiger partial charge is 0.247 e. The summed E-state index contributed by atoms with van der Waals surface area (Å²) in [7, 11) is 0. The van der Waals surface area contributed by atoms with Crippen molar-refractivity contribution in [2.45, 2.75) is 176 Å². The van der Waals surface area contributed by atoms with Crippen LogP contribution in [0.1, 0.15) is 156 Å². The molecule has 2 aromatic carbocycles. The van der Waals surface area contributed by atoms with Crippen LogP contribution in [0.2, 0.25) is 0 Å². The average Bonchev–Trinajstić information content (AvgIpc) is 3.65. The fraction of sp³-hybridized carbons (Fsp3) is 0.667. The van der Waals surface area contributed by atoms with Crippen molar-refractivity contribution in [1.82, 2.24) is 16.0 Å². The Balaban J connectivity index is 0.912. The molecule has 6 rings (SSSR count). The summed E-state index contributed by atoms with van der Waals surface area (Å²) in [6.07, 6.45) is 19.8. The second kappa shape index (κ2) is 23.9. The van der Waals surface area contributed by atoms with E-state index in [-0.39, 0.29) is 43.3 Å². The molecule has 4 aliphatic carbocycles. The number of aliphatic hydroxyl groups excluding tert-OH is 1. The first-order chi connectivity index (χ1) is 31.6. The summed E-state index contributed by atoms with van der Waals surface area (Å²) in [5, 5.41) is 21.6. The van der Waals surface area contributed by atoms with Crippen molar-refractivity contribution in [3.05, 3.63) is 89.6 Å². The number of carbonyl (C=O) groups is 3. The van der Waals surface area contributed by atoms with Crippen LogP contribution >= 0.6 is 0 Å². The van der Waals surface area contributed by atoms with Gasteiger partial charge in [-0.15, -0.1) is 0 Å². The molecule has 0 aliphatic heterocycles. The van der Waals surface area contributed by atoms with Crippen LogP contribution in [-0.2, 0) is 32.1 Å². The lowest BCUT2D eigenvalue weighted by Crippen LogP contribution is -2.53. The summed E-state index contributed by atoms with van der Waals surface area (Å²) >= 11 is 0. The van der Waals surface area contributed by atoms with Crippen molar-refractivity contribution < 1.29 is 24.2 Å². The van der Waals surface area contributed by atoms with Crippen molar-refractivity contribution in [1.29, 1.82) is 0 Å². The molecule has 2 aromatic rings. The fourth-order valence-electron chi connectivity index (χ4n) is 13.0. The highest BCUT2D eigenvalue weighted by Crippen LogP contribution is 2.67. The first-order valence-electron chi connectivity index (χ1n) is 26.0. The van der Waals surface area contributed by atoms with Gasteiger partial charge in [-0.3, -0.25) is 14.4 Å². The van der Waals surface area contributed by atoms with Crippen LogP contribution in [0.4, 0.5) is 5.69 Å². The van der Waals surface area contributed by atoms with Crippen LogP contribution in [0.25, 0.3) is 0 Å². The third kappa shape index (κ3) is 13.4. The average molecular weight is 907 g/mol. The molecular formula is C57H86N4O5. The number of hydrogen-bond donors (Lipinski definition) is 5. The molecule has 0 bridgehead atoms. The molecule has 5 N–H and O–H groups in total. The number of allylic oxidation sites excluding steroid dienone is 2. The van der Waals surface area contributed by atoms with E-state index in [1.54, 1.807) is 29.8 Å². The Hall–Kier alpha value is -3.95. The maximum Gasteiger partial charge on any atom is 0.247 e. The van der Waals surface area contributed by atoms with E-state index < -0.39 is 18.0 Å². The van der Waals surface area contributed by atoms with E-state index in [0.717, 1.165) is 78.1 Å². The molecular weight excluding hydrogens is 821 g/mol. The standard InChI is InChI=1S/C57H86N4O5/c1-38(2)14-12-15-40(5)48-25-26-49-47-24-21-44-36-46(28-30-56(44,7)50(47)29-31-57(48,49)8)66-33-13-32-58-41(6)18-27-53(63)60-51(34-39(3)4)55(65)61-52(35-42-16-10-9-11-17-42)54(64)59-45-22-19-43(37-62)20-23-45/h9-11,16-17,19-23,38-40,46-52,58,62H,6,12-15,18,24-37H2,1-5,7-8H3,(H,59,64)(H,60,63)(H,61,65)/t40-,46+,47+,48-,49?,50+,51+,52+,56+,57-/m1/s1. The zero-order valence-electron chi connectivity index (χ0n) is 41.8. The second-order valence-electron chi connectivity index (χ2n) is 22.3. The predicted octanol–water partition coefficient (Wildman–Crippen LogP) is 11.1. The van der Waals surface area contributed by atoms with Crippen LogP contribution in [0.5, 0.6) is 0 Å². The Morgan fingerprint density at radius 3 is 2.27 bits per heavy atom. The van der Waals surface area contributed by atoms with E-state index in [1.807, 2.05) is 44.2 Å². The van der Waals surface area contributed by atoms with E-state index in [4.69, 9.17) is 4.74 Å². The number of aliphatic hydroxyl groups is 1. The molecule has 3 saturated carbocycles. The maximum atomic E-state index is 13.8. The fourth-order valence-corrected chi connectivity index (χ4v) is 13.0. The number of anilines is 1. The molecule has 3 fully saturated rings. The molecule has 0 aromatic heterocycles. The molecule has 3 amide bonds. The summed E-state index contributed by atoms with van der Waals surface area (Å²) < 4.78 is 6.53. The zero-order chi connectivity index (χ0) is 47.4. The monoisotopic (exact) mass is 907 g/mol. The Morgan fingerprint density at radius 1 is 0.803 bits per heavy atom. The van der Waals surface area contributed by atoms with Crippen LogP contribution in [-0.4, -0.2) is 54.2 Å². The number of nitrogens with one attached hydrogen (secondary N) is 4. The van der Waals surface area contributed by atoms with Crippen molar-refractivity contribution in [3.63, 3.8) is 0 Å². The maximum absolute atomic E-state index is 13.8. The molecule has 364 valence electrons. The van der Waals surface area contributed by atoms with Gasteiger partial charge in [0.15, 0.2) is 0 Å². The summed E-state index contributed by atoms with van der Waals surface area (Å²) in [6, 6.07) is 14.8. The van der Waals surface area contributed by atoms with Gasteiger partial charge in [0.2, 0.25) is 17.7 Å². The van der Waals surface area contributed by atoms with Crippen LogP contribution in [0, 0.1) is 52.3 Å². The van der Waals surface area contributed by atoms with Gasteiger partial charge in [0, 0.05) is 37.4 Å². The largest absolute Gasteiger partial charge is 0.392 e. The lowest BCUT2D eigenvalue weighted by molar-refractivity contribution is -0.131. The van der Waals surface area contributed by atoms with Gasteiger partial charge in [0.25, 0.3) is 0 Å². The minimum Gasteiger partial charge on any atom is -0.392 e. The number of hydrogen-bond acceptors (Lipinski definition) is 6. The Morgan fingerprint density at radius 2 is 1.56 bits per heavy atom. The van der Waals surface area contributed by atoms with Gasteiger partial charge in [-0.05, 0) is 146 Å². The van der Waals surface area contributed by atoms with E-state index >= 15 is 0 Å². The van der Waals surface area contributed by atoms with Crippen molar-refractivity contribution in [2.75, 3.05) is 18.5 Å². The number of benzene rings is 2. The van der Waals surface area contributed by atoms with Crippen LogP contribution in [0.3, 0.4) is 0 Å². The molecule has 0 radical (unpaired) electrons. The highest BCUT2D eigenvalue weighted by molar-refractivity contribution is 5.98. The van der Waals surface area contributed by atoms with Gasteiger partial charge < -0.3 is 31.1 Å². The molecule has 10 atom stereocenters. The lowest BCUT2D eigenvalue weighted by Gasteiger charge is -2.58. The number of fused-ring (bicyclic) bond motifs is 5. The van der Waals surface area contributed by atoms with Crippen LogP contribution < -0.4 is 21.3 Å². The number of carbonyl (C=O) groups excluding carboxylic acids is 3. The Kier molecular flexibility index (Phi) is 18.6. The lowest BCUT2D eigenvalue weighted by atomic mass is 9.47. The molecule has 0 heterocycles. The molecule has 9 nitrogen and oxygen atoms in total. The van der Waals surface area contributed by atoms with Crippen molar-refractivity contribution >= 4 is 23.4 Å². The Bertz CT molecular complexity index is 1930. The predicted molar refractivity (Wildman–Crippen MR) is 268 cm³/mol. The van der Waals surface area contributed by atoms with Gasteiger partial charge in [0.1, 0.15) is 12.1 Å². The molecule has 0 saturated heterocycles. The normalized spacial score (nSPS) is 27.1. The third-order valence-corrected chi connectivity index (χ3v) is 16.6. The molecule has 66 heavy (non-hydrogen) atoms. The summed E-state index contributed by atoms with van der Waals surface area (Å²) in [5.41, 5.74) is 5.50. The van der Waals surface area contributed by atoms with E-state index in [0.29, 0.717) is 36.0 Å². The van der Waals surface area contributed by atoms with E-state index in [2.05, 4.69) is 68.5 Å². The van der Waals surface area contributed by atoms with Gasteiger partial charge in [0.05, 0.1) is 12.7 Å². The summed E-state index contributed by atoms with van der Waals surface area (Å²) in [6.45, 7) is 22.1. The van der Waals surface area contributed by atoms with Gasteiger partial charge >= 0.3 is 0 Å². The minimum absolute atomic E-state index is 0.0947. The first-order valence-corrected chi connectivity index (χ1v) is 26.0. The summed E-state index contributed by atoms with van der Waals surface area (Å²) in [4.78, 5) is 40.6. The van der Waals surface area contributed by atoms with Gasteiger partial charge in [-0.2, -0.15) is 0 Å². The number of rotatable bonds is 24. The SMILES string of the molecule is C=C(CCC(=O)N[C@@H](CC(C)C)C(=O)N[C@@H](Cc1ccccc1)C(=O)Nc1ccc(CO)cc1)NCCCO[C@H]1CC[C@@]2(C)C(=CC[C@H]3C4CC[C@H]([C@H](C)CCCC(C)C)[C@@]4(C)CC[C@@H]32)C1. The molecule has 1 unspecified atom stereocenters. The zero-order valence-corrected chi connectivity index (χ0v) is 41.8. The van der Waals surface area contributed by atoms with Gasteiger partial charge in [-0.25, -0.2) is 0 Å². The molecule has 9 heteroatoms. The minimum atomic E-state index is -0.876. The number of ether oxygens (including phenoxy) is 1. The van der Waals surface area contributed by atoms with Crippen molar-refractivity contribution in [3.8, 4) is 0 Å². The summed E-state index contributed by atoms with van der Waals surface area (Å²) in [5.74, 6) is 4.24. The third-order valence-electron chi connectivity index (χ3n) is 16.6.